The molecule has 0 aromatic heterocycles. The minimum atomic E-state index is 0.0632. The van der Waals surface area contributed by atoms with Gasteiger partial charge in [-0.05, 0) is 49.0 Å². The molecule has 3 heteroatoms. The van der Waals surface area contributed by atoms with Crippen LogP contribution in [-0.4, -0.2) is 37.1 Å². The Bertz CT molecular complexity index is 436. The van der Waals surface area contributed by atoms with Gasteiger partial charge in [0.05, 0.1) is 13.0 Å². The lowest BCUT2D eigenvalue weighted by Crippen LogP contribution is -2.69. The van der Waals surface area contributed by atoms with Gasteiger partial charge in [-0.2, -0.15) is 0 Å². The summed E-state index contributed by atoms with van der Waals surface area (Å²) < 4.78 is 5.16. The molecule has 4 aliphatic heterocycles. The fraction of sp³-hybridized carbons (Fsp3) is 0.933. The predicted octanol–water partition coefficient (Wildman–Crippen LogP) is 1.91. The zero-order chi connectivity index (χ0) is 12.9. The molecule has 1 spiro atoms. The fourth-order valence-electron chi connectivity index (χ4n) is 5.85. The quantitative estimate of drug-likeness (QED) is 0.665. The van der Waals surface area contributed by atoms with E-state index in [1.807, 2.05) is 0 Å². The van der Waals surface area contributed by atoms with E-state index in [0.29, 0.717) is 17.4 Å². The molecule has 7 fully saturated rings. The molecule has 7 atom stereocenters. The number of ether oxygens (including phenoxy) is 1. The highest BCUT2D eigenvalue weighted by Gasteiger charge is 2.79. The Kier molecular flexibility index (Phi) is 1.85. The van der Waals surface area contributed by atoms with E-state index in [9.17, 15) is 4.79 Å². The second kappa shape index (κ2) is 2.95. The zero-order valence-electron chi connectivity index (χ0n) is 11.8. The molecule has 4 saturated heterocycles. The first-order valence-corrected chi connectivity index (χ1v) is 7.25. The fourth-order valence-corrected chi connectivity index (χ4v) is 5.85. The SMILES string of the molecule is COC(=O)C1C2(C)CC(C2C)N(C)C2CC13CC23. The summed E-state index contributed by atoms with van der Waals surface area (Å²) in [5.41, 5.74) is 0.493. The number of nitrogens with zero attached hydrogens (tertiary/aromatic N) is 1. The van der Waals surface area contributed by atoms with E-state index in [4.69, 9.17) is 4.74 Å². The van der Waals surface area contributed by atoms with Crippen LogP contribution >= 0.6 is 0 Å². The van der Waals surface area contributed by atoms with Crippen molar-refractivity contribution in [2.24, 2.45) is 28.6 Å². The van der Waals surface area contributed by atoms with Gasteiger partial charge in [-0.3, -0.25) is 9.69 Å². The van der Waals surface area contributed by atoms with E-state index in [1.54, 1.807) is 7.11 Å². The minimum absolute atomic E-state index is 0.0632. The summed E-state index contributed by atoms with van der Waals surface area (Å²) in [5.74, 6) is 1.62. The number of hydrogen-bond donors (Lipinski definition) is 0. The van der Waals surface area contributed by atoms with Crippen molar-refractivity contribution in [1.29, 1.82) is 0 Å². The van der Waals surface area contributed by atoms with Gasteiger partial charge in [-0.15, -0.1) is 0 Å². The summed E-state index contributed by atoms with van der Waals surface area (Å²) in [7, 11) is 3.85. The number of carbonyl (C=O) groups excluding carboxylic acids is 1. The first-order valence-electron chi connectivity index (χ1n) is 7.25. The summed E-state index contributed by atoms with van der Waals surface area (Å²) in [6.45, 7) is 4.66. The number of rotatable bonds is 1. The van der Waals surface area contributed by atoms with Crippen LogP contribution in [0.2, 0.25) is 0 Å². The third-order valence-corrected chi connectivity index (χ3v) is 7.22. The molecule has 7 unspecified atom stereocenters. The van der Waals surface area contributed by atoms with Crippen LogP contribution in [0.5, 0.6) is 0 Å². The predicted molar refractivity (Wildman–Crippen MR) is 67.9 cm³/mol. The second-order valence-electron chi connectivity index (χ2n) is 7.50. The number of carbonyl (C=O) groups is 1. The van der Waals surface area contributed by atoms with Crippen molar-refractivity contribution in [3.05, 3.63) is 0 Å². The molecule has 3 aliphatic carbocycles. The summed E-state index contributed by atoms with van der Waals surface area (Å²) >= 11 is 0. The van der Waals surface area contributed by atoms with Crippen LogP contribution in [0.4, 0.5) is 0 Å². The lowest BCUT2D eigenvalue weighted by Gasteiger charge is -2.66. The van der Waals surface area contributed by atoms with Crippen molar-refractivity contribution in [1.82, 2.24) is 4.90 Å². The Morgan fingerprint density at radius 2 is 2.00 bits per heavy atom. The molecule has 7 aliphatic rings. The number of hydrogen-bond acceptors (Lipinski definition) is 3. The van der Waals surface area contributed by atoms with Crippen LogP contribution in [0.15, 0.2) is 0 Å². The van der Waals surface area contributed by atoms with E-state index in [0.717, 1.165) is 12.0 Å². The standard InChI is InChI=1S/C15H23NO2/c1-8-10-6-14(8,2)12(13(17)18-4)15-5-9(15)11(7-15)16(10)3/h8-12H,5-7H2,1-4H3. The van der Waals surface area contributed by atoms with Crippen LogP contribution in [0, 0.1) is 28.6 Å². The molecule has 0 aromatic carbocycles. The first kappa shape index (κ1) is 11.3. The van der Waals surface area contributed by atoms with Gasteiger partial charge >= 0.3 is 5.97 Å². The van der Waals surface area contributed by atoms with Gasteiger partial charge in [-0.1, -0.05) is 13.8 Å². The highest BCUT2D eigenvalue weighted by Crippen LogP contribution is 2.79. The van der Waals surface area contributed by atoms with Crippen LogP contribution in [0.3, 0.4) is 0 Å². The van der Waals surface area contributed by atoms with Gasteiger partial charge in [0.1, 0.15) is 0 Å². The lowest BCUT2D eigenvalue weighted by atomic mass is 9.45. The van der Waals surface area contributed by atoms with E-state index < -0.39 is 0 Å². The van der Waals surface area contributed by atoms with Crippen molar-refractivity contribution in [2.45, 2.75) is 45.2 Å². The highest BCUT2D eigenvalue weighted by molar-refractivity contribution is 5.76. The van der Waals surface area contributed by atoms with Gasteiger partial charge in [-0.25, -0.2) is 0 Å². The molecule has 0 aromatic rings. The van der Waals surface area contributed by atoms with Crippen LogP contribution in [-0.2, 0) is 9.53 Å². The van der Waals surface area contributed by atoms with Gasteiger partial charge in [0, 0.05) is 12.1 Å². The van der Waals surface area contributed by atoms with Gasteiger partial charge in [0.2, 0.25) is 0 Å². The number of methoxy groups -OCH3 is 1. The Hall–Kier alpha value is -0.570. The third kappa shape index (κ3) is 0.941. The molecule has 4 heterocycles. The Balaban J connectivity index is 1.77. The van der Waals surface area contributed by atoms with Crippen LogP contribution in [0.1, 0.15) is 33.1 Å². The van der Waals surface area contributed by atoms with Crippen LogP contribution in [0.25, 0.3) is 0 Å². The van der Waals surface area contributed by atoms with E-state index >= 15 is 0 Å². The summed E-state index contributed by atoms with van der Waals surface area (Å²) in [4.78, 5) is 15.0. The monoisotopic (exact) mass is 249 g/mol. The Labute approximate surface area is 109 Å². The van der Waals surface area contributed by atoms with Gasteiger partial charge < -0.3 is 4.74 Å². The largest absolute Gasteiger partial charge is 0.469 e. The summed E-state index contributed by atoms with van der Waals surface area (Å²) in [6.07, 6.45) is 3.67. The molecular formula is C15H23NO2. The topological polar surface area (TPSA) is 29.5 Å². The molecule has 7 rings (SSSR count). The molecule has 3 nitrogen and oxygen atoms in total. The molecule has 3 saturated carbocycles. The third-order valence-electron chi connectivity index (χ3n) is 7.22. The molecule has 0 N–H and O–H groups in total. The smallest absolute Gasteiger partial charge is 0.309 e. The van der Waals surface area contributed by atoms with Gasteiger partial charge in [0.25, 0.3) is 0 Å². The van der Waals surface area contributed by atoms with E-state index in [1.165, 1.54) is 19.3 Å². The zero-order valence-corrected chi connectivity index (χ0v) is 11.8. The summed E-state index contributed by atoms with van der Waals surface area (Å²) in [6, 6.07) is 1.43. The average molecular weight is 249 g/mol. The van der Waals surface area contributed by atoms with Crippen molar-refractivity contribution in [2.75, 3.05) is 14.2 Å². The van der Waals surface area contributed by atoms with Crippen molar-refractivity contribution in [3.63, 3.8) is 0 Å². The van der Waals surface area contributed by atoms with E-state index in [2.05, 4.69) is 25.8 Å². The van der Waals surface area contributed by atoms with Gasteiger partial charge in [0.15, 0.2) is 0 Å². The minimum Gasteiger partial charge on any atom is -0.469 e. The first-order chi connectivity index (χ1) is 8.45. The Morgan fingerprint density at radius 1 is 1.28 bits per heavy atom. The highest BCUT2D eigenvalue weighted by atomic mass is 16.5. The maximum absolute atomic E-state index is 12.3. The maximum Gasteiger partial charge on any atom is 0.309 e. The normalized spacial score (nSPS) is 60.6. The second-order valence-corrected chi connectivity index (χ2v) is 7.50. The average Bonchev–Trinajstić information content (AvgIpc) is 2.90. The summed E-state index contributed by atoms with van der Waals surface area (Å²) in [5, 5.41) is 0. The van der Waals surface area contributed by atoms with Crippen LogP contribution < -0.4 is 0 Å². The van der Waals surface area contributed by atoms with E-state index in [-0.39, 0.29) is 17.3 Å². The molecule has 100 valence electrons. The van der Waals surface area contributed by atoms with Crippen molar-refractivity contribution in [3.8, 4) is 0 Å². The molecular weight excluding hydrogens is 226 g/mol. The lowest BCUT2D eigenvalue weighted by molar-refractivity contribution is -0.200. The van der Waals surface area contributed by atoms with Crippen molar-refractivity contribution < 1.29 is 9.53 Å². The molecule has 4 bridgehead atoms. The molecule has 0 radical (unpaired) electrons. The number of esters is 1. The molecule has 0 amide bonds. The molecule has 18 heavy (non-hydrogen) atoms. The Morgan fingerprint density at radius 3 is 2.56 bits per heavy atom. The van der Waals surface area contributed by atoms with Crippen molar-refractivity contribution >= 4 is 5.97 Å². The maximum atomic E-state index is 12.3.